The van der Waals surface area contributed by atoms with Gasteiger partial charge in [-0.1, -0.05) is 66.2 Å². The van der Waals surface area contributed by atoms with Gasteiger partial charge in [0, 0.05) is 10.6 Å². The average Bonchev–Trinajstić information content (AvgIpc) is 2.72. The van der Waals surface area contributed by atoms with Crippen LogP contribution in [0.5, 0.6) is 5.75 Å². The van der Waals surface area contributed by atoms with Crippen molar-refractivity contribution in [1.29, 1.82) is 0 Å². The van der Waals surface area contributed by atoms with Crippen LogP contribution < -0.4 is 4.74 Å². The minimum atomic E-state index is -0.612. The molecular formula is C22H17ClO4. The van der Waals surface area contributed by atoms with Gasteiger partial charge >= 0.3 is 5.97 Å². The van der Waals surface area contributed by atoms with Crippen molar-refractivity contribution in [3.63, 3.8) is 0 Å². The molecule has 0 amide bonds. The fourth-order valence-electron chi connectivity index (χ4n) is 2.42. The number of esters is 1. The lowest BCUT2D eigenvalue weighted by atomic mass is 10.0. The molecule has 136 valence electrons. The highest BCUT2D eigenvalue weighted by molar-refractivity contribution is 6.30. The molecule has 0 saturated carbocycles. The molecule has 0 radical (unpaired) electrons. The maximum absolute atomic E-state index is 12.2. The summed E-state index contributed by atoms with van der Waals surface area (Å²) in [6, 6.07) is 23.7. The van der Waals surface area contributed by atoms with Gasteiger partial charge in [0.1, 0.15) is 5.75 Å². The number of ether oxygens (including phenoxy) is 2. The first kappa shape index (κ1) is 18.7. The smallest absolute Gasteiger partial charge is 0.344 e. The van der Waals surface area contributed by atoms with Crippen LogP contribution in [0.15, 0.2) is 78.9 Å². The average molecular weight is 381 g/mol. The fourth-order valence-corrected chi connectivity index (χ4v) is 2.55. The minimum Gasteiger partial charge on any atom is -0.482 e. The van der Waals surface area contributed by atoms with Crippen LogP contribution >= 0.6 is 11.6 Å². The van der Waals surface area contributed by atoms with E-state index >= 15 is 0 Å². The minimum absolute atomic E-state index is 0.269. The Balaban J connectivity index is 1.48. The zero-order valence-corrected chi connectivity index (χ0v) is 15.2. The van der Waals surface area contributed by atoms with Crippen LogP contribution in [0.1, 0.15) is 10.4 Å². The predicted octanol–water partition coefficient (Wildman–Crippen LogP) is 4.81. The Morgan fingerprint density at radius 3 is 2.04 bits per heavy atom. The molecule has 0 aromatic heterocycles. The first-order valence-corrected chi connectivity index (χ1v) is 8.72. The van der Waals surface area contributed by atoms with Gasteiger partial charge in [0.2, 0.25) is 0 Å². The molecule has 0 N–H and O–H groups in total. The molecule has 0 unspecified atom stereocenters. The van der Waals surface area contributed by atoms with Crippen molar-refractivity contribution in [3.8, 4) is 16.9 Å². The van der Waals surface area contributed by atoms with E-state index in [-0.39, 0.29) is 19.0 Å². The molecule has 3 rings (SSSR count). The lowest BCUT2D eigenvalue weighted by molar-refractivity contribution is -0.144. The molecule has 27 heavy (non-hydrogen) atoms. The molecule has 0 atom stereocenters. The maximum Gasteiger partial charge on any atom is 0.344 e. The summed E-state index contributed by atoms with van der Waals surface area (Å²) in [6.07, 6.45) is 0. The van der Waals surface area contributed by atoms with Crippen molar-refractivity contribution < 1.29 is 19.1 Å². The number of Topliss-reactive ketones (excluding diaryl/α,β-unsaturated/α-hetero) is 1. The fraction of sp³-hybridized carbons (Fsp3) is 0.0909. The molecule has 0 heterocycles. The largest absolute Gasteiger partial charge is 0.482 e. The molecule has 3 aromatic carbocycles. The van der Waals surface area contributed by atoms with Crippen molar-refractivity contribution in [2.75, 3.05) is 13.2 Å². The third kappa shape index (κ3) is 5.43. The van der Waals surface area contributed by atoms with E-state index in [1.807, 2.05) is 42.5 Å². The molecule has 0 aliphatic rings. The summed E-state index contributed by atoms with van der Waals surface area (Å²) in [5, 5.41) is 0.578. The van der Waals surface area contributed by atoms with Gasteiger partial charge in [-0.15, -0.1) is 0 Å². The second-order valence-corrected chi connectivity index (χ2v) is 6.21. The Morgan fingerprint density at radius 2 is 1.37 bits per heavy atom. The third-order valence-electron chi connectivity index (χ3n) is 3.85. The summed E-state index contributed by atoms with van der Waals surface area (Å²) >= 11 is 5.78. The zero-order valence-electron chi connectivity index (χ0n) is 14.4. The van der Waals surface area contributed by atoms with Gasteiger partial charge in [-0.25, -0.2) is 4.79 Å². The summed E-state index contributed by atoms with van der Waals surface area (Å²) in [5.41, 5.74) is 2.57. The number of hydrogen-bond acceptors (Lipinski definition) is 4. The Morgan fingerprint density at radius 1 is 0.741 bits per heavy atom. The van der Waals surface area contributed by atoms with Crippen LogP contribution in [-0.2, 0) is 9.53 Å². The highest BCUT2D eigenvalue weighted by Crippen LogP contribution is 2.19. The number of carbonyl (C=O) groups excluding carboxylic acids is 2. The molecular weight excluding hydrogens is 364 g/mol. The van der Waals surface area contributed by atoms with Gasteiger partial charge in [0.15, 0.2) is 19.0 Å². The first-order valence-electron chi connectivity index (χ1n) is 8.34. The highest BCUT2D eigenvalue weighted by Gasteiger charge is 2.11. The lowest BCUT2D eigenvalue weighted by Crippen LogP contribution is -2.19. The summed E-state index contributed by atoms with van der Waals surface area (Å²) in [6.45, 7) is -0.602. The van der Waals surface area contributed by atoms with Gasteiger partial charge in [0.25, 0.3) is 0 Å². The molecule has 0 spiro atoms. The van der Waals surface area contributed by atoms with Crippen molar-refractivity contribution >= 4 is 23.4 Å². The number of rotatable bonds is 7. The Hall–Kier alpha value is -3.11. The van der Waals surface area contributed by atoms with Gasteiger partial charge in [-0.2, -0.15) is 0 Å². The second kappa shape index (κ2) is 9.01. The second-order valence-electron chi connectivity index (χ2n) is 5.77. The Kier molecular flexibility index (Phi) is 6.23. The quantitative estimate of drug-likeness (QED) is 0.436. The molecule has 4 nitrogen and oxygen atoms in total. The molecule has 5 heteroatoms. The van der Waals surface area contributed by atoms with E-state index in [0.29, 0.717) is 16.3 Å². The van der Waals surface area contributed by atoms with Gasteiger partial charge in [-0.3, -0.25) is 4.79 Å². The Labute approximate surface area is 162 Å². The number of hydrogen-bond donors (Lipinski definition) is 0. The summed E-state index contributed by atoms with van der Waals surface area (Å²) < 4.78 is 10.3. The highest BCUT2D eigenvalue weighted by atomic mass is 35.5. The maximum atomic E-state index is 12.2. The van der Waals surface area contributed by atoms with Gasteiger partial charge < -0.3 is 9.47 Å². The molecule has 0 aliphatic heterocycles. The van der Waals surface area contributed by atoms with Crippen LogP contribution in [0.4, 0.5) is 0 Å². The number of benzene rings is 3. The van der Waals surface area contributed by atoms with Crippen LogP contribution in [0.25, 0.3) is 11.1 Å². The summed E-state index contributed by atoms with van der Waals surface area (Å²) in [7, 11) is 0. The van der Waals surface area contributed by atoms with E-state index in [2.05, 4.69) is 0 Å². The van der Waals surface area contributed by atoms with Crippen LogP contribution in [0, 0.1) is 0 Å². The van der Waals surface area contributed by atoms with Crippen LogP contribution in [-0.4, -0.2) is 25.0 Å². The lowest BCUT2D eigenvalue weighted by Gasteiger charge is -2.07. The first-order chi connectivity index (χ1) is 13.1. The van der Waals surface area contributed by atoms with Crippen molar-refractivity contribution in [3.05, 3.63) is 89.4 Å². The van der Waals surface area contributed by atoms with Crippen LogP contribution in [0.3, 0.4) is 0 Å². The van der Waals surface area contributed by atoms with Gasteiger partial charge in [-0.05, 0) is 35.4 Å². The summed E-state index contributed by atoms with van der Waals surface area (Å²) in [4.78, 5) is 23.9. The van der Waals surface area contributed by atoms with E-state index in [0.717, 1.165) is 11.1 Å². The van der Waals surface area contributed by atoms with Gasteiger partial charge in [0.05, 0.1) is 0 Å². The third-order valence-corrected chi connectivity index (χ3v) is 4.10. The van der Waals surface area contributed by atoms with E-state index in [1.54, 1.807) is 36.4 Å². The van der Waals surface area contributed by atoms with Crippen molar-refractivity contribution in [2.24, 2.45) is 0 Å². The number of carbonyl (C=O) groups is 2. The monoisotopic (exact) mass is 380 g/mol. The summed E-state index contributed by atoms with van der Waals surface area (Å²) in [5.74, 6) is -0.382. The van der Waals surface area contributed by atoms with E-state index in [4.69, 9.17) is 21.1 Å². The SMILES string of the molecule is O=C(COc1ccc(Cl)cc1)OCC(=O)c1ccc(-c2ccccc2)cc1. The molecule has 0 aliphatic carbocycles. The van der Waals surface area contributed by atoms with Crippen molar-refractivity contribution in [2.45, 2.75) is 0 Å². The predicted molar refractivity (Wildman–Crippen MR) is 104 cm³/mol. The topological polar surface area (TPSA) is 52.6 Å². The van der Waals surface area contributed by atoms with E-state index in [1.165, 1.54) is 0 Å². The molecule has 3 aromatic rings. The zero-order chi connectivity index (χ0) is 19.1. The number of ketones is 1. The number of halogens is 1. The molecule has 0 saturated heterocycles. The standard InChI is InChI=1S/C22H17ClO4/c23-19-10-12-20(13-11-19)26-15-22(25)27-14-21(24)18-8-6-17(7-9-18)16-4-2-1-3-5-16/h1-13H,14-15H2. The molecule has 0 fully saturated rings. The van der Waals surface area contributed by atoms with Crippen molar-refractivity contribution in [1.82, 2.24) is 0 Å². The normalized spacial score (nSPS) is 10.3. The van der Waals surface area contributed by atoms with E-state index in [9.17, 15) is 9.59 Å². The molecule has 0 bridgehead atoms. The van der Waals surface area contributed by atoms with Crippen LogP contribution in [0.2, 0.25) is 5.02 Å². The van der Waals surface area contributed by atoms with E-state index < -0.39 is 5.97 Å². The Bertz CT molecular complexity index is 903.